The molecule has 2 aromatic rings. The van der Waals surface area contributed by atoms with E-state index in [1.807, 2.05) is 30.3 Å². The average Bonchev–Trinajstić information content (AvgIpc) is 3.23. The molecule has 33 heavy (non-hydrogen) atoms. The van der Waals surface area contributed by atoms with Crippen LogP contribution in [0.15, 0.2) is 41.9 Å². The Morgan fingerprint density at radius 2 is 2.15 bits per heavy atom. The Labute approximate surface area is 201 Å². The predicted molar refractivity (Wildman–Crippen MR) is 138 cm³/mol. The summed E-state index contributed by atoms with van der Waals surface area (Å²) in [6.45, 7) is 11.6. The van der Waals surface area contributed by atoms with E-state index in [0.29, 0.717) is 29.4 Å². The van der Waals surface area contributed by atoms with Crippen LogP contribution in [0.2, 0.25) is 0 Å². The van der Waals surface area contributed by atoms with E-state index >= 15 is 0 Å². The molecule has 0 radical (unpaired) electrons. The molecule has 3 rings (SSSR count). The highest BCUT2D eigenvalue weighted by Gasteiger charge is 2.21. The summed E-state index contributed by atoms with van der Waals surface area (Å²) in [4.78, 5) is 21.0. The van der Waals surface area contributed by atoms with Gasteiger partial charge in [0.15, 0.2) is 0 Å². The fourth-order valence-corrected chi connectivity index (χ4v) is 4.71. The molecule has 6 nitrogen and oxygen atoms in total. The van der Waals surface area contributed by atoms with Crippen LogP contribution in [0.5, 0.6) is 0 Å². The van der Waals surface area contributed by atoms with Crippen LogP contribution in [-0.4, -0.2) is 36.8 Å². The number of carbonyl (C=O) groups excluding carboxylic acids is 1. The zero-order valence-electron chi connectivity index (χ0n) is 19.6. The van der Waals surface area contributed by atoms with E-state index in [9.17, 15) is 10.1 Å². The Bertz CT molecular complexity index is 1030. The molecule has 0 unspecified atom stereocenters. The number of hydrogen-bond acceptors (Lipinski definition) is 6. The molecule has 0 saturated heterocycles. The Morgan fingerprint density at radius 3 is 2.94 bits per heavy atom. The van der Waals surface area contributed by atoms with Crippen molar-refractivity contribution < 1.29 is 4.79 Å². The van der Waals surface area contributed by atoms with Gasteiger partial charge in [0.05, 0.1) is 33.4 Å². The summed E-state index contributed by atoms with van der Waals surface area (Å²) in [5.74, 6) is 0.474. The standard InChI is InChI=1S/C26H33N5OS/c1-19(2)11-13-29-26(32)24-15-23-25(33-24)20(3)31(14-8-4-7-12-28-18-30-23)17-22-10-6-5-9-21(22)16-27/h5-6,9-10,15,18-19H,3-4,7-8,11-14,17H2,1-2H3,(H,28,30)(H,29,32). The number of amides is 1. The van der Waals surface area contributed by atoms with E-state index in [-0.39, 0.29) is 5.91 Å². The van der Waals surface area contributed by atoms with E-state index in [0.717, 1.165) is 60.6 Å². The molecular formula is C26H33N5OS. The topological polar surface area (TPSA) is 80.5 Å². The lowest BCUT2D eigenvalue weighted by Crippen LogP contribution is -2.24. The second kappa shape index (κ2) is 12.2. The third kappa shape index (κ3) is 6.93. The summed E-state index contributed by atoms with van der Waals surface area (Å²) in [6.07, 6.45) is 5.77. The minimum absolute atomic E-state index is 0.0645. The minimum atomic E-state index is -0.0645. The van der Waals surface area contributed by atoms with Crippen molar-refractivity contribution in [2.45, 2.75) is 46.1 Å². The van der Waals surface area contributed by atoms with Crippen LogP contribution in [0, 0.1) is 17.2 Å². The molecule has 0 aliphatic carbocycles. The number of benzene rings is 1. The van der Waals surface area contributed by atoms with Crippen molar-refractivity contribution >= 4 is 35.0 Å². The van der Waals surface area contributed by atoms with Crippen molar-refractivity contribution in [1.82, 2.24) is 10.2 Å². The first-order valence-electron chi connectivity index (χ1n) is 11.6. The van der Waals surface area contributed by atoms with E-state index in [2.05, 4.69) is 47.0 Å². The Hall–Kier alpha value is -3.11. The number of nitrogens with one attached hydrogen (secondary N) is 2. The van der Waals surface area contributed by atoms with Crippen molar-refractivity contribution in [1.29, 1.82) is 5.26 Å². The van der Waals surface area contributed by atoms with Crippen molar-refractivity contribution in [3.8, 4) is 6.07 Å². The lowest BCUT2D eigenvalue weighted by atomic mass is 10.1. The van der Waals surface area contributed by atoms with E-state index in [1.165, 1.54) is 11.3 Å². The molecule has 2 heterocycles. The summed E-state index contributed by atoms with van der Waals surface area (Å²) < 4.78 is 0. The molecule has 0 spiro atoms. The summed E-state index contributed by atoms with van der Waals surface area (Å²) in [5.41, 5.74) is 3.35. The summed E-state index contributed by atoms with van der Waals surface area (Å²) in [6, 6.07) is 11.9. The number of nitriles is 1. The fraction of sp³-hybridized carbons (Fsp3) is 0.423. The maximum absolute atomic E-state index is 12.8. The van der Waals surface area contributed by atoms with Crippen molar-refractivity contribution in [2.24, 2.45) is 10.9 Å². The number of anilines is 1. The third-order valence-corrected chi connectivity index (χ3v) is 6.82. The molecule has 1 amide bonds. The summed E-state index contributed by atoms with van der Waals surface area (Å²) in [7, 11) is 0. The number of fused-ring (bicyclic) bond motifs is 1. The van der Waals surface area contributed by atoms with E-state index in [1.54, 1.807) is 6.34 Å². The summed E-state index contributed by atoms with van der Waals surface area (Å²) >= 11 is 1.44. The van der Waals surface area contributed by atoms with E-state index < -0.39 is 0 Å². The van der Waals surface area contributed by atoms with Crippen LogP contribution in [0.4, 0.5) is 5.69 Å². The van der Waals surface area contributed by atoms with Gasteiger partial charge in [-0.05, 0) is 49.3 Å². The van der Waals surface area contributed by atoms with Crippen molar-refractivity contribution in [3.63, 3.8) is 0 Å². The molecule has 0 fully saturated rings. The van der Waals surface area contributed by atoms with Gasteiger partial charge >= 0.3 is 0 Å². The lowest BCUT2D eigenvalue weighted by Gasteiger charge is -2.27. The maximum Gasteiger partial charge on any atom is 0.261 e. The smallest absolute Gasteiger partial charge is 0.261 e. The van der Waals surface area contributed by atoms with Crippen LogP contribution in [0.3, 0.4) is 0 Å². The largest absolute Gasteiger partial charge is 0.366 e. The highest BCUT2D eigenvalue weighted by atomic mass is 32.1. The molecule has 2 N–H and O–H groups in total. The molecule has 174 valence electrons. The van der Waals surface area contributed by atoms with Gasteiger partial charge in [0, 0.05) is 31.9 Å². The molecule has 0 saturated carbocycles. The molecule has 1 aromatic carbocycles. The van der Waals surface area contributed by atoms with Gasteiger partial charge in [0.2, 0.25) is 0 Å². The Morgan fingerprint density at radius 1 is 1.33 bits per heavy atom. The monoisotopic (exact) mass is 463 g/mol. The first-order valence-corrected chi connectivity index (χ1v) is 12.4. The summed E-state index contributed by atoms with van der Waals surface area (Å²) in [5, 5.41) is 15.8. The van der Waals surface area contributed by atoms with Gasteiger partial charge in [-0.3, -0.25) is 9.79 Å². The van der Waals surface area contributed by atoms with Crippen LogP contribution in [0.1, 0.15) is 65.2 Å². The molecule has 1 aliphatic heterocycles. The van der Waals surface area contributed by atoms with Gasteiger partial charge in [-0.25, -0.2) is 0 Å². The zero-order valence-corrected chi connectivity index (χ0v) is 20.4. The van der Waals surface area contributed by atoms with Crippen molar-refractivity contribution in [2.75, 3.05) is 25.0 Å². The number of hydrogen-bond donors (Lipinski definition) is 2. The van der Waals surface area contributed by atoms with Gasteiger partial charge in [-0.1, -0.05) is 38.6 Å². The first-order chi connectivity index (χ1) is 16.0. The molecule has 1 aliphatic rings. The van der Waals surface area contributed by atoms with Crippen molar-refractivity contribution in [3.05, 3.63) is 57.8 Å². The van der Waals surface area contributed by atoms with Gasteiger partial charge in [-0.2, -0.15) is 5.26 Å². The van der Waals surface area contributed by atoms with Gasteiger partial charge in [0.25, 0.3) is 5.91 Å². The number of carbonyl (C=O) groups is 1. The predicted octanol–water partition coefficient (Wildman–Crippen LogP) is 5.49. The number of aliphatic imine (C=N–C) groups is 1. The van der Waals surface area contributed by atoms with Gasteiger partial charge in [-0.15, -0.1) is 11.3 Å². The molecule has 0 bridgehead atoms. The third-order valence-electron chi connectivity index (χ3n) is 5.63. The quantitative estimate of drug-likeness (QED) is 0.593. The minimum Gasteiger partial charge on any atom is -0.366 e. The number of thiophene rings is 1. The Kier molecular flexibility index (Phi) is 9.08. The highest BCUT2D eigenvalue weighted by molar-refractivity contribution is 7.15. The molecular weight excluding hydrogens is 430 g/mol. The fourth-order valence-electron chi connectivity index (χ4n) is 3.67. The lowest BCUT2D eigenvalue weighted by molar-refractivity contribution is 0.0956. The molecule has 1 aromatic heterocycles. The average molecular weight is 464 g/mol. The van der Waals surface area contributed by atoms with Crippen LogP contribution >= 0.6 is 11.3 Å². The zero-order chi connectivity index (χ0) is 23.6. The second-order valence-electron chi connectivity index (χ2n) is 8.67. The molecule has 0 atom stereocenters. The maximum atomic E-state index is 12.8. The normalized spacial score (nSPS) is 14.6. The Balaban J connectivity index is 1.89. The number of nitrogens with zero attached hydrogens (tertiary/aromatic N) is 3. The van der Waals surface area contributed by atoms with Crippen LogP contribution in [-0.2, 0) is 6.54 Å². The molecule has 7 heteroatoms. The first kappa shape index (κ1) is 24.5. The van der Waals surface area contributed by atoms with Crippen LogP contribution < -0.4 is 10.6 Å². The highest BCUT2D eigenvalue weighted by Crippen LogP contribution is 2.35. The van der Waals surface area contributed by atoms with Gasteiger partial charge < -0.3 is 15.5 Å². The van der Waals surface area contributed by atoms with E-state index in [4.69, 9.17) is 0 Å². The second-order valence-corrected chi connectivity index (χ2v) is 9.72. The number of rotatable bonds is 6. The van der Waals surface area contributed by atoms with Gasteiger partial charge in [0.1, 0.15) is 0 Å². The SMILES string of the molecule is C=C1c2sc(C(=O)NCCC(C)C)cc2NC=NCCCCCN1Cc1ccccc1C#N. The van der Waals surface area contributed by atoms with Crippen LogP contribution in [0.25, 0.3) is 5.70 Å².